The summed E-state index contributed by atoms with van der Waals surface area (Å²) in [6, 6.07) is 8.08. The third-order valence-electron chi connectivity index (χ3n) is 5.36. The fourth-order valence-corrected chi connectivity index (χ4v) is 3.76. The van der Waals surface area contributed by atoms with Crippen LogP contribution >= 0.6 is 12.4 Å². The van der Waals surface area contributed by atoms with Crippen LogP contribution in [-0.2, 0) is 11.3 Å². The van der Waals surface area contributed by atoms with Crippen LogP contribution in [0.25, 0.3) is 0 Å². The Balaban J connectivity index is 0.00000261. The zero-order valence-corrected chi connectivity index (χ0v) is 16.9. The minimum absolute atomic E-state index is 0. The van der Waals surface area contributed by atoms with Gasteiger partial charge in [0.1, 0.15) is 0 Å². The van der Waals surface area contributed by atoms with E-state index in [2.05, 4.69) is 15.5 Å². The largest absolute Gasteiger partial charge is 0.351 e. The van der Waals surface area contributed by atoms with Crippen molar-refractivity contribution >= 4 is 24.2 Å². The minimum atomic E-state index is 0. The van der Waals surface area contributed by atoms with Crippen LogP contribution in [0.5, 0.6) is 0 Å². The predicted octanol–water partition coefficient (Wildman–Crippen LogP) is 1.64. The van der Waals surface area contributed by atoms with Gasteiger partial charge in [-0.1, -0.05) is 12.1 Å². The number of likely N-dealkylation sites (N-methyl/N-ethyl adjacent to an activating group) is 1. The summed E-state index contributed by atoms with van der Waals surface area (Å²) in [6.45, 7) is 4.59. The van der Waals surface area contributed by atoms with E-state index in [1.54, 1.807) is 0 Å². The van der Waals surface area contributed by atoms with Crippen molar-refractivity contribution in [1.82, 2.24) is 20.4 Å². The van der Waals surface area contributed by atoms with Crippen molar-refractivity contribution in [3.63, 3.8) is 0 Å². The van der Waals surface area contributed by atoms with Gasteiger partial charge >= 0.3 is 0 Å². The Labute approximate surface area is 168 Å². The molecule has 2 saturated heterocycles. The molecular weight excluding hydrogens is 364 g/mol. The van der Waals surface area contributed by atoms with Crippen molar-refractivity contribution in [3.8, 4) is 0 Å². The highest BCUT2D eigenvalue weighted by Gasteiger charge is 2.21. The number of rotatable bonds is 6. The second-order valence-electron chi connectivity index (χ2n) is 7.34. The van der Waals surface area contributed by atoms with Gasteiger partial charge in [0.15, 0.2) is 0 Å². The van der Waals surface area contributed by atoms with Crippen LogP contribution in [0.3, 0.4) is 0 Å². The average molecular weight is 395 g/mol. The lowest BCUT2D eigenvalue weighted by Gasteiger charge is -2.31. The van der Waals surface area contributed by atoms with Crippen LogP contribution in [0, 0.1) is 0 Å². The normalized spacial score (nSPS) is 20.2. The predicted molar refractivity (Wildman–Crippen MR) is 109 cm³/mol. The summed E-state index contributed by atoms with van der Waals surface area (Å²) in [7, 11) is 1.98. The molecule has 150 valence electrons. The molecule has 0 saturated carbocycles. The van der Waals surface area contributed by atoms with Gasteiger partial charge in [-0.3, -0.25) is 14.5 Å². The van der Waals surface area contributed by atoms with Gasteiger partial charge in [-0.15, -0.1) is 12.4 Å². The number of hydrogen-bond donors (Lipinski definition) is 2. The zero-order chi connectivity index (χ0) is 18.4. The maximum atomic E-state index is 12.3. The Morgan fingerprint density at radius 1 is 1.07 bits per heavy atom. The van der Waals surface area contributed by atoms with E-state index in [4.69, 9.17) is 0 Å². The van der Waals surface area contributed by atoms with Gasteiger partial charge in [-0.2, -0.15) is 0 Å². The van der Waals surface area contributed by atoms with E-state index in [-0.39, 0.29) is 24.2 Å². The third kappa shape index (κ3) is 6.19. The van der Waals surface area contributed by atoms with E-state index in [1.807, 2.05) is 36.2 Å². The van der Waals surface area contributed by atoms with Crippen molar-refractivity contribution in [2.45, 2.75) is 38.3 Å². The summed E-state index contributed by atoms with van der Waals surface area (Å²) < 4.78 is 0. The molecule has 2 N–H and O–H groups in total. The molecule has 1 aromatic rings. The molecule has 3 rings (SSSR count). The molecule has 6 nitrogen and oxygen atoms in total. The molecule has 0 aliphatic carbocycles. The van der Waals surface area contributed by atoms with Crippen LogP contribution in [0.15, 0.2) is 24.3 Å². The van der Waals surface area contributed by atoms with Gasteiger partial charge in [-0.05, 0) is 57.0 Å². The molecule has 2 amide bonds. The second-order valence-corrected chi connectivity index (χ2v) is 7.34. The van der Waals surface area contributed by atoms with Gasteiger partial charge in [0.2, 0.25) is 5.91 Å². The second kappa shape index (κ2) is 10.6. The summed E-state index contributed by atoms with van der Waals surface area (Å²) in [5.41, 5.74) is 1.75. The number of piperidine rings is 1. The Bertz CT molecular complexity index is 617. The average Bonchev–Trinajstić information content (AvgIpc) is 3.21. The first-order valence-corrected chi connectivity index (χ1v) is 9.70. The molecular formula is C20H31ClN4O2. The molecule has 27 heavy (non-hydrogen) atoms. The van der Waals surface area contributed by atoms with Gasteiger partial charge in [-0.25, -0.2) is 0 Å². The lowest BCUT2D eigenvalue weighted by Crippen LogP contribution is -2.47. The summed E-state index contributed by atoms with van der Waals surface area (Å²) in [5, 5.41) is 6.28. The fourth-order valence-electron chi connectivity index (χ4n) is 3.76. The first kappa shape index (κ1) is 21.7. The lowest BCUT2D eigenvalue weighted by molar-refractivity contribution is -0.122. The van der Waals surface area contributed by atoms with Crippen molar-refractivity contribution in [1.29, 1.82) is 0 Å². The van der Waals surface area contributed by atoms with Crippen LogP contribution in [0.2, 0.25) is 0 Å². The minimum Gasteiger partial charge on any atom is -0.351 e. The number of halogens is 1. The Kier molecular flexibility index (Phi) is 8.54. The molecule has 1 atom stereocenters. The van der Waals surface area contributed by atoms with E-state index in [0.717, 1.165) is 56.6 Å². The van der Waals surface area contributed by atoms with Crippen LogP contribution in [-0.4, -0.2) is 67.4 Å². The van der Waals surface area contributed by atoms with Crippen molar-refractivity contribution < 1.29 is 9.59 Å². The van der Waals surface area contributed by atoms with E-state index in [1.165, 1.54) is 6.42 Å². The molecule has 2 heterocycles. The number of carbonyl (C=O) groups is 2. The van der Waals surface area contributed by atoms with Gasteiger partial charge in [0.05, 0.1) is 6.54 Å². The molecule has 1 unspecified atom stereocenters. The molecule has 2 fully saturated rings. The Morgan fingerprint density at radius 3 is 2.44 bits per heavy atom. The highest BCUT2D eigenvalue weighted by molar-refractivity contribution is 5.94. The van der Waals surface area contributed by atoms with Gasteiger partial charge < -0.3 is 15.5 Å². The number of hydrogen-bond acceptors (Lipinski definition) is 4. The molecule has 0 bridgehead atoms. The smallest absolute Gasteiger partial charge is 0.253 e. The molecule has 0 spiro atoms. The highest BCUT2D eigenvalue weighted by Crippen LogP contribution is 2.14. The highest BCUT2D eigenvalue weighted by atomic mass is 35.5. The Hall–Kier alpha value is -1.63. The summed E-state index contributed by atoms with van der Waals surface area (Å²) in [4.78, 5) is 28.7. The van der Waals surface area contributed by atoms with Crippen LogP contribution in [0.1, 0.15) is 41.6 Å². The van der Waals surface area contributed by atoms with E-state index < -0.39 is 0 Å². The summed E-state index contributed by atoms with van der Waals surface area (Å²) in [5.74, 6) is 0.168. The first-order chi connectivity index (χ1) is 12.7. The fraction of sp³-hybridized carbons (Fsp3) is 0.600. The number of nitrogens with one attached hydrogen (secondary N) is 2. The standard InChI is InChI=1S/C20H30N4O2.ClH/c1-21-18-5-4-10-23(14-18)15-19(25)22-13-16-6-8-17(9-7-16)20(26)24-11-2-3-12-24;/h6-9,18,21H,2-5,10-15H2,1H3,(H,22,25);1H. The zero-order valence-electron chi connectivity index (χ0n) is 16.1. The van der Waals surface area contributed by atoms with Gasteiger partial charge in [0, 0.05) is 37.8 Å². The maximum Gasteiger partial charge on any atom is 0.253 e. The maximum absolute atomic E-state index is 12.3. The molecule has 0 aromatic heterocycles. The number of carbonyl (C=O) groups excluding carboxylic acids is 2. The lowest BCUT2D eigenvalue weighted by atomic mass is 10.1. The SMILES string of the molecule is CNC1CCCN(CC(=O)NCc2ccc(C(=O)N3CCCC3)cc2)C1.Cl. The van der Waals surface area contributed by atoms with Crippen molar-refractivity contribution in [3.05, 3.63) is 35.4 Å². The van der Waals surface area contributed by atoms with Crippen molar-refractivity contribution in [2.75, 3.05) is 39.8 Å². The van der Waals surface area contributed by atoms with Gasteiger partial charge in [0.25, 0.3) is 5.91 Å². The molecule has 7 heteroatoms. The molecule has 1 aromatic carbocycles. The number of nitrogens with zero attached hydrogens (tertiary/aromatic N) is 2. The Morgan fingerprint density at radius 2 is 1.78 bits per heavy atom. The van der Waals surface area contributed by atoms with Crippen LogP contribution < -0.4 is 10.6 Å². The summed E-state index contributed by atoms with van der Waals surface area (Å²) >= 11 is 0. The number of likely N-dealkylation sites (tertiary alicyclic amines) is 2. The van der Waals surface area contributed by atoms with E-state index >= 15 is 0 Å². The monoisotopic (exact) mass is 394 g/mol. The summed E-state index contributed by atoms with van der Waals surface area (Å²) in [6.07, 6.45) is 4.51. The van der Waals surface area contributed by atoms with E-state index in [9.17, 15) is 9.59 Å². The number of amides is 2. The van der Waals surface area contributed by atoms with Crippen LogP contribution in [0.4, 0.5) is 0 Å². The quantitative estimate of drug-likeness (QED) is 0.770. The first-order valence-electron chi connectivity index (χ1n) is 9.70. The topological polar surface area (TPSA) is 64.7 Å². The van der Waals surface area contributed by atoms with E-state index in [0.29, 0.717) is 19.1 Å². The molecule has 0 radical (unpaired) electrons. The molecule has 2 aliphatic heterocycles. The number of benzene rings is 1. The van der Waals surface area contributed by atoms with Crippen molar-refractivity contribution in [2.24, 2.45) is 0 Å². The third-order valence-corrected chi connectivity index (χ3v) is 5.36. The molecule has 2 aliphatic rings.